The molecule has 0 aliphatic carbocycles. The molecule has 142 valence electrons. The van der Waals surface area contributed by atoms with Crippen LogP contribution in [0.2, 0.25) is 0 Å². The second-order valence-corrected chi connectivity index (χ2v) is 5.97. The summed E-state index contributed by atoms with van der Waals surface area (Å²) in [6, 6.07) is 21.3. The molecule has 0 saturated carbocycles. The van der Waals surface area contributed by atoms with Gasteiger partial charge in [-0.3, -0.25) is 4.79 Å². The van der Waals surface area contributed by atoms with E-state index in [9.17, 15) is 14.7 Å². The lowest BCUT2D eigenvalue weighted by atomic mass is 10.1. The number of carbonyl (C=O) groups excluding carboxylic acids is 2. The van der Waals surface area contributed by atoms with Crippen molar-refractivity contribution in [1.82, 2.24) is 0 Å². The van der Waals surface area contributed by atoms with Gasteiger partial charge in [0.05, 0.1) is 12.7 Å². The van der Waals surface area contributed by atoms with Gasteiger partial charge in [-0.25, -0.2) is 4.79 Å². The van der Waals surface area contributed by atoms with Crippen LogP contribution in [0.4, 0.5) is 5.69 Å². The van der Waals surface area contributed by atoms with Crippen molar-refractivity contribution in [1.29, 1.82) is 0 Å². The summed E-state index contributed by atoms with van der Waals surface area (Å²) in [6.07, 6.45) is -1.16. The van der Waals surface area contributed by atoms with Crippen molar-refractivity contribution in [3.8, 4) is 11.5 Å². The van der Waals surface area contributed by atoms with Gasteiger partial charge in [-0.1, -0.05) is 42.5 Å². The summed E-state index contributed by atoms with van der Waals surface area (Å²) in [7, 11) is 1.53. The second-order valence-electron chi connectivity index (χ2n) is 5.97. The number of carbonyl (C=O) groups is 2. The van der Waals surface area contributed by atoms with Crippen molar-refractivity contribution >= 4 is 17.6 Å². The molecule has 0 bridgehead atoms. The molecule has 3 rings (SSSR count). The number of hydrogen-bond acceptors (Lipinski definition) is 5. The molecule has 0 aromatic heterocycles. The largest absolute Gasteiger partial charge is 0.508 e. The fourth-order valence-corrected chi connectivity index (χ4v) is 2.62. The van der Waals surface area contributed by atoms with Crippen LogP contribution < -0.4 is 10.1 Å². The van der Waals surface area contributed by atoms with Crippen molar-refractivity contribution < 1.29 is 24.2 Å². The zero-order valence-electron chi connectivity index (χ0n) is 15.2. The predicted octanol–water partition coefficient (Wildman–Crippen LogP) is 3.94. The third-order valence-corrected chi connectivity index (χ3v) is 3.98. The lowest BCUT2D eigenvalue weighted by molar-refractivity contribution is -0.125. The number of phenols is 1. The van der Waals surface area contributed by atoms with Crippen molar-refractivity contribution in [2.75, 3.05) is 12.4 Å². The first-order chi connectivity index (χ1) is 13.6. The first kappa shape index (κ1) is 19.0. The Morgan fingerprint density at radius 3 is 2.39 bits per heavy atom. The number of benzene rings is 3. The Morgan fingerprint density at radius 1 is 0.929 bits per heavy atom. The van der Waals surface area contributed by atoms with E-state index in [1.54, 1.807) is 54.6 Å². The van der Waals surface area contributed by atoms with Gasteiger partial charge in [-0.2, -0.15) is 0 Å². The van der Waals surface area contributed by atoms with Gasteiger partial charge in [0.1, 0.15) is 11.5 Å². The molecule has 6 heteroatoms. The molecule has 0 aliphatic heterocycles. The molecule has 1 amide bonds. The van der Waals surface area contributed by atoms with Crippen LogP contribution in [0, 0.1) is 0 Å². The first-order valence-electron chi connectivity index (χ1n) is 8.56. The number of nitrogens with one attached hydrogen (secondary N) is 1. The van der Waals surface area contributed by atoms with Gasteiger partial charge < -0.3 is 19.9 Å². The van der Waals surface area contributed by atoms with Crippen LogP contribution in [0.25, 0.3) is 0 Å². The minimum Gasteiger partial charge on any atom is -0.508 e. The van der Waals surface area contributed by atoms with Crippen LogP contribution >= 0.6 is 0 Å². The normalized spacial score (nSPS) is 11.3. The van der Waals surface area contributed by atoms with Crippen LogP contribution in [0.5, 0.6) is 11.5 Å². The number of rotatable bonds is 6. The number of methoxy groups -OCH3 is 1. The van der Waals surface area contributed by atoms with E-state index in [1.165, 1.54) is 31.4 Å². The maximum Gasteiger partial charge on any atom is 0.339 e. The van der Waals surface area contributed by atoms with Crippen LogP contribution in [0.15, 0.2) is 78.9 Å². The zero-order chi connectivity index (χ0) is 19.9. The maximum absolute atomic E-state index is 12.9. The van der Waals surface area contributed by atoms with Gasteiger partial charge in [0, 0.05) is 17.3 Å². The highest BCUT2D eigenvalue weighted by atomic mass is 16.5. The van der Waals surface area contributed by atoms with Crippen molar-refractivity contribution in [3.63, 3.8) is 0 Å². The Bertz CT molecular complexity index is 971. The van der Waals surface area contributed by atoms with E-state index >= 15 is 0 Å². The van der Waals surface area contributed by atoms with E-state index in [1.807, 2.05) is 0 Å². The van der Waals surface area contributed by atoms with E-state index in [-0.39, 0.29) is 11.3 Å². The molecule has 0 aliphatic rings. The molecule has 0 saturated heterocycles. The second kappa shape index (κ2) is 8.73. The van der Waals surface area contributed by atoms with Crippen LogP contribution in [-0.4, -0.2) is 24.1 Å². The summed E-state index contributed by atoms with van der Waals surface area (Å²) in [5, 5.41) is 12.3. The standard InChI is InChI=1S/C22H19NO5/c1-27-19-12-6-10-17(14-19)23-21(25)20(15-7-3-2-4-8-15)28-22(26)16-9-5-11-18(24)13-16/h2-14,20,24H,1H3,(H,23,25)/t20-/m0/s1. The van der Waals surface area contributed by atoms with Crippen molar-refractivity contribution in [2.24, 2.45) is 0 Å². The number of anilines is 1. The van der Waals surface area contributed by atoms with Gasteiger partial charge in [0.2, 0.25) is 6.10 Å². The number of esters is 1. The van der Waals surface area contributed by atoms with E-state index in [4.69, 9.17) is 9.47 Å². The molecular formula is C22H19NO5. The SMILES string of the molecule is COc1cccc(NC(=O)[C@@H](OC(=O)c2cccc(O)c2)c2ccccc2)c1. The summed E-state index contributed by atoms with van der Waals surface area (Å²) in [4.78, 5) is 25.4. The Labute approximate surface area is 162 Å². The van der Waals surface area contributed by atoms with E-state index in [2.05, 4.69) is 5.32 Å². The Morgan fingerprint density at radius 2 is 1.68 bits per heavy atom. The molecule has 0 heterocycles. The molecular weight excluding hydrogens is 358 g/mol. The minimum absolute atomic E-state index is 0.0634. The number of phenolic OH excluding ortho intramolecular Hbond substituents is 1. The summed E-state index contributed by atoms with van der Waals surface area (Å²) in [5.74, 6) is -0.698. The lowest BCUT2D eigenvalue weighted by Crippen LogP contribution is -2.26. The number of ether oxygens (including phenoxy) is 2. The van der Waals surface area contributed by atoms with E-state index < -0.39 is 18.0 Å². The lowest BCUT2D eigenvalue weighted by Gasteiger charge is -2.18. The topological polar surface area (TPSA) is 84.9 Å². The molecule has 3 aromatic rings. The third-order valence-electron chi connectivity index (χ3n) is 3.98. The molecule has 0 unspecified atom stereocenters. The highest BCUT2D eigenvalue weighted by Crippen LogP contribution is 2.24. The van der Waals surface area contributed by atoms with E-state index in [0.717, 1.165) is 0 Å². The van der Waals surface area contributed by atoms with Crippen LogP contribution in [-0.2, 0) is 9.53 Å². The molecule has 1 atom stereocenters. The summed E-state index contributed by atoms with van der Waals surface area (Å²) in [6.45, 7) is 0. The van der Waals surface area contributed by atoms with Gasteiger partial charge in [0.15, 0.2) is 0 Å². The highest BCUT2D eigenvalue weighted by Gasteiger charge is 2.26. The Balaban J connectivity index is 1.84. The van der Waals surface area contributed by atoms with Crippen molar-refractivity contribution in [3.05, 3.63) is 90.0 Å². The summed E-state index contributed by atoms with van der Waals surface area (Å²) in [5.41, 5.74) is 1.19. The van der Waals surface area contributed by atoms with Gasteiger partial charge in [-0.15, -0.1) is 0 Å². The van der Waals surface area contributed by atoms with Gasteiger partial charge in [-0.05, 0) is 30.3 Å². The molecule has 2 N–H and O–H groups in total. The molecule has 0 fully saturated rings. The van der Waals surface area contributed by atoms with Gasteiger partial charge >= 0.3 is 5.97 Å². The number of amides is 1. The number of hydrogen-bond donors (Lipinski definition) is 2. The fourth-order valence-electron chi connectivity index (χ4n) is 2.62. The van der Waals surface area contributed by atoms with Gasteiger partial charge in [0.25, 0.3) is 5.91 Å². The quantitative estimate of drug-likeness (QED) is 0.636. The molecule has 6 nitrogen and oxygen atoms in total. The average Bonchev–Trinajstić information content (AvgIpc) is 2.72. The monoisotopic (exact) mass is 377 g/mol. The first-order valence-corrected chi connectivity index (χ1v) is 8.56. The van der Waals surface area contributed by atoms with E-state index in [0.29, 0.717) is 17.0 Å². The maximum atomic E-state index is 12.9. The Kier molecular flexibility index (Phi) is 5.91. The molecule has 0 radical (unpaired) electrons. The average molecular weight is 377 g/mol. The molecule has 28 heavy (non-hydrogen) atoms. The summed E-state index contributed by atoms with van der Waals surface area (Å²) < 4.78 is 10.6. The third kappa shape index (κ3) is 4.67. The smallest absolute Gasteiger partial charge is 0.339 e. The highest BCUT2D eigenvalue weighted by molar-refractivity contribution is 5.98. The predicted molar refractivity (Wildman–Crippen MR) is 104 cm³/mol. The fraction of sp³-hybridized carbons (Fsp3) is 0.0909. The Hall–Kier alpha value is -3.80. The van der Waals surface area contributed by atoms with Crippen LogP contribution in [0.3, 0.4) is 0 Å². The summed E-state index contributed by atoms with van der Waals surface area (Å²) >= 11 is 0. The minimum atomic E-state index is -1.16. The molecule has 0 spiro atoms. The van der Waals surface area contributed by atoms with Crippen molar-refractivity contribution in [2.45, 2.75) is 6.10 Å². The molecule has 3 aromatic carbocycles. The van der Waals surface area contributed by atoms with Crippen LogP contribution in [0.1, 0.15) is 22.0 Å². The number of aromatic hydroxyl groups is 1. The zero-order valence-corrected chi connectivity index (χ0v) is 15.2.